The van der Waals surface area contributed by atoms with Gasteiger partial charge in [-0.1, -0.05) is 38.1 Å². The SMILES string of the molecule is CC.CCOC(=O)CCc1cccc(-c2sc(C)cc2CO)c1. The van der Waals surface area contributed by atoms with Crippen LogP contribution in [0, 0.1) is 6.92 Å². The third-order valence-corrected chi connectivity index (χ3v) is 4.36. The van der Waals surface area contributed by atoms with Gasteiger partial charge in [0.1, 0.15) is 0 Å². The molecule has 0 atom stereocenters. The predicted molar refractivity (Wildman–Crippen MR) is 96.7 cm³/mol. The Balaban J connectivity index is 0.00000127. The van der Waals surface area contributed by atoms with E-state index in [9.17, 15) is 9.90 Å². The lowest BCUT2D eigenvalue weighted by Gasteiger charge is -2.06. The van der Waals surface area contributed by atoms with E-state index in [0.29, 0.717) is 19.4 Å². The van der Waals surface area contributed by atoms with Crippen LogP contribution in [0.2, 0.25) is 0 Å². The molecule has 1 aromatic carbocycles. The van der Waals surface area contributed by atoms with Gasteiger partial charge in [-0.3, -0.25) is 4.79 Å². The Kier molecular flexibility index (Phi) is 8.59. The Morgan fingerprint density at radius 1 is 1.26 bits per heavy atom. The van der Waals surface area contributed by atoms with E-state index in [-0.39, 0.29) is 12.6 Å². The van der Waals surface area contributed by atoms with E-state index in [2.05, 4.69) is 6.07 Å². The topological polar surface area (TPSA) is 46.5 Å². The minimum atomic E-state index is -0.161. The standard InChI is InChI=1S/C17H20O3S.C2H6/c1-3-20-16(19)8-7-13-5-4-6-14(10-13)17-15(11-18)9-12(2)21-17;1-2/h4-6,9-10,18H,3,7-8,11H2,1-2H3;1-2H3. The van der Waals surface area contributed by atoms with Crippen LogP contribution in [-0.4, -0.2) is 17.7 Å². The number of aliphatic hydroxyl groups is 1. The number of esters is 1. The maximum absolute atomic E-state index is 11.4. The van der Waals surface area contributed by atoms with Crippen molar-refractivity contribution in [3.63, 3.8) is 0 Å². The molecule has 0 unspecified atom stereocenters. The van der Waals surface area contributed by atoms with E-state index < -0.39 is 0 Å². The second kappa shape index (κ2) is 10.2. The second-order valence-electron chi connectivity index (χ2n) is 4.87. The number of rotatable bonds is 6. The minimum absolute atomic E-state index is 0.0483. The number of hydrogen-bond donors (Lipinski definition) is 1. The van der Waals surface area contributed by atoms with Gasteiger partial charge < -0.3 is 9.84 Å². The van der Waals surface area contributed by atoms with E-state index in [1.807, 2.05) is 52.0 Å². The number of hydrogen-bond acceptors (Lipinski definition) is 4. The molecule has 126 valence electrons. The maximum Gasteiger partial charge on any atom is 0.306 e. The maximum atomic E-state index is 11.4. The highest BCUT2D eigenvalue weighted by atomic mass is 32.1. The molecule has 0 amide bonds. The van der Waals surface area contributed by atoms with Crippen LogP contribution in [0.15, 0.2) is 30.3 Å². The molecule has 23 heavy (non-hydrogen) atoms. The number of ether oxygens (including phenoxy) is 1. The molecule has 1 N–H and O–H groups in total. The van der Waals surface area contributed by atoms with Crippen molar-refractivity contribution in [3.05, 3.63) is 46.3 Å². The van der Waals surface area contributed by atoms with Crippen molar-refractivity contribution in [3.8, 4) is 10.4 Å². The highest BCUT2D eigenvalue weighted by Gasteiger charge is 2.10. The number of aryl methyl sites for hydroxylation is 2. The summed E-state index contributed by atoms with van der Waals surface area (Å²) in [6.45, 7) is 8.33. The molecule has 2 aromatic rings. The molecule has 0 aliphatic carbocycles. The number of aliphatic hydroxyl groups excluding tert-OH is 1. The van der Waals surface area contributed by atoms with E-state index >= 15 is 0 Å². The Morgan fingerprint density at radius 2 is 2.00 bits per heavy atom. The molecule has 0 bridgehead atoms. The zero-order valence-corrected chi connectivity index (χ0v) is 15.2. The Bertz CT molecular complexity index is 617. The van der Waals surface area contributed by atoms with E-state index in [0.717, 1.165) is 21.6 Å². The summed E-state index contributed by atoms with van der Waals surface area (Å²) in [5.74, 6) is -0.161. The summed E-state index contributed by atoms with van der Waals surface area (Å²) in [7, 11) is 0. The molecule has 0 saturated carbocycles. The van der Waals surface area contributed by atoms with E-state index in [1.165, 1.54) is 4.88 Å². The fraction of sp³-hybridized carbons (Fsp3) is 0.421. The molecule has 1 aromatic heterocycles. The first-order valence-electron chi connectivity index (χ1n) is 8.09. The molecule has 0 aliphatic heterocycles. The Morgan fingerprint density at radius 3 is 2.65 bits per heavy atom. The van der Waals surface area contributed by atoms with Crippen molar-refractivity contribution >= 4 is 17.3 Å². The molecule has 3 nitrogen and oxygen atoms in total. The molecule has 0 fully saturated rings. The zero-order valence-electron chi connectivity index (χ0n) is 14.4. The number of carbonyl (C=O) groups is 1. The molecule has 4 heteroatoms. The molecule has 0 radical (unpaired) electrons. The van der Waals surface area contributed by atoms with Crippen molar-refractivity contribution in [1.82, 2.24) is 0 Å². The number of carbonyl (C=O) groups excluding carboxylic acids is 1. The summed E-state index contributed by atoms with van der Waals surface area (Å²) in [5, 5.41) is 9.44. The van der Waals surface area contributed by atoms with Crippen molar-refractivity contribution in [2.75, 3.05) is 6.61 Å². The summed E-state index contributed by atoms with van der Waals surface area (Å²) in [6.07, 6.45) is 1.07. The van der Waals surface area contributed by atoms with Gasteiger partial charge in [-0.25, -0.2) is 0 Å². The minimum Gasteiger partial charge on any atom is -0.466 e. The van der Waals surface area contributed by atoms with Gasteiger partial charge in [0.25, 0.3) is 0 Å². The van der Waals surface area contributed by atoms with Gasteiger partial charge in [0, 0.05) is 16.2 Å². The third kappa shape index (κ3) is 5.81. The first-order chi connectivity index (χ1) is 11.1. The Labute approximate surface area is 142 Å². The van der Waals surface area contributed by atoms with Crippen molar-refractivity contribution in [2.24, 2.45) is 0 Å². The van der Waals surface area contributed by atoms with Crippen LogP contribution in [0.25, 0.3) is 10.4 Å². The van der Waals surface area contributed by atoms with Crippen LogP contribution in [0.5, 0.6) is 0 Å². The van der Waals surface area contributed by atoms with Crippen molar-refractivity contribution in [2.45, 2.75) is 47.1 Å². The average Bonchev–Trinajstić information content (AvgIpc) is 2.96. The summed E-state index contributed by atoms with van der Waals surface area (Å²) in [6, 6.07) is 10.2. The average molecular weight is 334 g/mol. The lowest BCUT2D eigenvalue weighted by molar-refractivity contribution is -0.143. The molecular formula is C19H26O3S. The monoisotopic (exact) mass is 334 g/mol. The van der Waals surface area contributed by atoms with Crippen LogP contribution >= 0.6 is 11.3 Å². The first-order valence-corrected chi connectivity index (χ1v) is 8.90. The van der Waals surface area contributed by atoms with Gasteiger partial charge in [0.15, 0.2) is 0 Å². The molecule has 2 rings (SSSR count). The first kappa shape index (κ1) is 19.4. The largest absolute Gasteiger partial charge is 0.466 e. The highest BCUT2D eigenvalue weighted by molar-refractivity contribution is 7.15. The lowest BCUT2D eigenvalue weighted by Crippen LogP contribution is -2.05. The van der Waals surface area contributed by atoms with Gasteiger partial charge >= 0.3 is 5.97 Å². The molecular weight excluding hydrogens is 308 g/mol. The fourth-order valence-electron chi connectivity index (χ4n) is 2.28. The van der Waals surface area contributed by atoms with Crippen LogP contribution in [-0.2, 0) is 22.6 Å². The van der Waals surface area contributed by atoms with Gasteiger partial charge in [-0.2, -0.15) is 0 Å². The third-order valence-electron chi connectivity index (χ3n) is 3.21. The molecule has 0 aliphatic rings. The molecule has 0 saturated heterocycles. The van der Waals surface area contributed by atoms with Gasteiger partial charge in [-0.15, -0.1) is 11.3 Å². The van der Waals surface area contributed by atoms with E-state index in [4.69, 9.17) is 4.74 Å². The quantitative estimate of drug-likeness (QED) is 0.776. The lowest BCUT2D eigenvalue weighted by atomic mass is 10.0. The van der Waals surface area contributed by atoms with Crippen LogP contribution in [0.4, 0.5) is 0 Å². The van der Waals surface area contributed by atoms with Crippen LogP contribution in [0.3, 0.4) is 0 Å². The summed E-state index contributed by atoms with van der Waals surface area (Å²) < 4.78 is 4.95. The number of benzene rings is 1. The normalized spacial score (nSPS) is 9.96. The van der Waals surface area contributed by atoms with Gasteiger partial charge in [-0.05, 0) is 43.0 Å². The number of thiophene rings is 1. The zero-order chi connectivity index (χ0) is 17.2. The van der Waals surface area contributed by atoms with Gasteiger partial charge in [0.2, 0.25) is 0 Å². The smallest absolute Gasteiger partial charge is 0.306 e. The Hall–Kier alpha value is -1.65. The van der Waals surface area contributed by atoms with Crippen molar-refractivity contribution in [1.29, 1.82) is 0 Å². The molecule has 1 heterocycles. The van der Waals surface area contributed by atoms with E-state index in [1.54, 1.807) is 11.3 Å². The molecule has 0 spiro atoms. The summed E-state index contributed by atoms with van der Waals surface area (Å²) in [4.78, 5) is 13.7. The predicted octanol–water partition coefficient (Wildman–Crippen LogP) is 4.74. The summed E-state index contributed by atoms with van der Waals surface area (Å²) >= 11 is 1.68. The summed E-state index contributed by atoms with van der Waals surface area (Å²) in [5.41, 5.74) is 3.16. The van der Waals surface area contributed by atoms with Gasteiger partial charge in [0.05, 0.1) is 13.2 Å². The van der Waals surface area contributed by atoms with Crippen LogP contribution in [0.1, 0.15) is 43.2 Å². The highest BCUT2D eigenvalue weighted by Crippen LogP contribution is 2.33. The fourth-order valence-corrected chi connectivity index (χ4v) is 3.30. The van der Waals surface area contributed by atoms with Crippen molar-refractivity contribution < 1.29 is 14.6 Å². The van der Waals surface area contributed by atoms with Crippen LogP contribution < -0.4 is 0 Å². The second-order valence-corrected chi connectivity index (χ2v) is 6.13.